The lowest BCUT2D eigenvalue weighted by Crippen LogP contribution is -2.38. The number of thiophene rings is 1. The zero-order valence-corrected chi connectivity index (χ0v) is 12.8. The molecule has 3 aromatic rings. The number of aryl methyl sites for hydroxylation is 1. The Morgan fingerprint density at radius 3 is 3.14 bits per heavy atom. The molecule has 1 amide bonds. The third kappa shape index (κ3) is 2.21. The van der Waals surface area contributed by atoms with Crippen molar-refractivity contribution >= 4 is 17.2 Å². The molecule has 8 heteroatoms. The second-order valence-corrected chi connectivity index (χ2v) is 6.12. The molecule has 1 aliphatic heterocycles. The number of carbonyl (C=O) groups excluding carboxylic acids is 1. The maximum Gasteiger partial charge on any atom is 0.274 e. The zero-order chi connectivity index (χ0) is 15.1. The van der Waals surface area contributed by atoms with E-state index >= 15 is 0 Å². The minimum Gasteiger partial charge on any atom is -0.328 e. The number of aromatic amines is 1. The summed E-state index contributed by atoms with van der Waals surface area (Å²) in [5.41, 5.74) is 1.31. The van der Waals surface area contributed by atoms with Gasteiger partial charge in [0.1, 0.15) is 11.6 Å². The predicted molar refractivity (Wildman–Crippen MR) is 81.4 cm³/mol. The lowest BCUT2D eigenvalue weighted by Gasteiger charge is -2.25. The van der Waals surface area contributed by atoms with Crippen molar-refractivity contribution in [3.8, 4) is 10.6 Å². The first kappa shape index (κ1) is 13.2. The SMILES string of the molecule is Cc1nc2n(n1)CCN(C(=O)c1cc(-c3cccs3)[nH]n1)C2. The van der Waals surface area contributed by atoms with Crippen LogP contribution in [0.5, 0.6) is 0 Å². The van der Waals surface area contributed by atoms with Crippen LogP contribution in [0.25, 0.3) is 10.6 Å². The number of nitrogens with zero attached hydrogens (tertiary/aromatic N) is 5. The summed E-state index contributed by atoms with van der Waals surface area (Å²) in [7, 11) is 0. The predicted octanol–water partition coefficient (Wildman–Crippen LogP) is 1.69. The molecular weight excluding hydrogens is 300 g/mol. The molecule has 1 N–H and O–H groups in total. The normalized spacial score (nSPS) is 14.1. The number of carbonyl (C=O) groups is 1. The molecule has 1 aliphatic rings. The maximum absolute atomic E-state index is 12.6. The fourth-order valence-electron chi connectivity index (χ4n) is 2.59. The molecule has 4 rings (SSSR count). The Morgan fingerprint density at radius 1 is 1.41 bits per heavy atom. The van der Waals surface area contributed by atoms with Crippen LogP contribution in [-0.2, 0) is 13.1 Å². The summed E-state index contributed by atoms with van der Waals surface area (Å²) in [6.45, 7) is 3.62. The first-order chi connectivity index (χ1) is 10.7. The topological polar surface area (TPSA) is 79.7 Å². The smallest absolute Gasteiger partial charge is 0.274 e. The van der Waals surface area contributed by atoms with E-state index in [4.69, 9.17) is 0 Å². The molecule has 0 saturated heterocycles. The average Bonchev–Trinajstić information content (AvgIpc) is 3.24. The molecule has 112 valence electrons. The molecule has 0 aliphatic carbocycles. The van der Waals surface area contributed by atoms with Crippen LogP contribution in [-0.4, -0.2) is 42.3 Å². The van der Waals surface area contributed by atoms with Gasteiger partial charge >= 0.3 is 0 Å². The summed E-state index contributed by atoms with van der Waals surface area (Å²) in [6.07, 6.45) is 0. The van der Waals surface area contributed by atoms with Gasteiger partial charge in [0.25, 0.3) is 5.91 Å². The Balaban J connectivity index is 1.55. The van der Waals surface area contributed by atoms with Crippen molar-refractivity contribution in [2.75, 3.05) is 6.54 Å². The van der Waals surface area contributed by atoms with Crippen molar-refractivity contribution < 1.29 is 4.79 Å². The van der Waals surface area contributed by atoms with E-state index in [1.807, 2.05) is 29.1 Å². The molecule has 4 heterocycles. The summed E-state index contributed by atoms with van der Waals surface area (Å²) in [4.78, 5) is 19.8. The monoisotopic (exact) mass is 314 g/mol. The lowest BCUT2D eigenvalue weighted by atomic mass is 10.2. The van der Waals surface area contributed by atoms with Crippen molar-refractivity contribution in [3.63, 3.8) is 0 Å². The van der Waals surface area contributed by atoms with Crippen LogP contribution in [0.4, 0.5) is 0 Å². The van der Waals surface area contributed by atoms with Crippen molar-refractivity contribution in [2.24, 2.45) is 0 Å². The molecule has 0 fully saturated rings. The van der Waals surface area contributed by atoms with Crippen molar-refractivity contribution in [3.05, 3.63) is 40.9 Å². The third-order valence-corrected chi connectivity index (χ3v) is 4.54. The van der Waals surface area contributed by atoms with E-state index in [0.717, 1.165) is 22.2 Å². The van der Waals surface area contributed by atoms with E-state index in [2.05, 4.69) is 20.3 Å². The number of hydrogen-bond donors (Lipinski definition) is 1. The minimum atomic E-state index is -0.0778. The van der Waals surface area contributed by atoms with Gasteiger partial charge in [0, 0.05) is 6.54 Å². The van der Waals surface area contributed by atoms with Gasteiger partial charge in [-0.15, -0.1) is 11.3 Å². The standard InChI is InChI=1S/C14H14N6OS/c1-9-15-13-8-19(4-5-20(13)18-9)14(21)11-7-10(16-17-11)12-3-2-6-22-12/h2-3,6-7H,4-5,8H2,1H3,(H,16,17). The van der Waals surface area contributed by atoms with E-state index in [0.29, 0.717) is 25.3 Å². The number of nitrogens with one attached hydrogen (secondary N) is 1. The molecule has 22 heavy (non-hydrogen) atoms. The van der Waals surface area contributed by atoms with Gasteiger partial charge < -0.3 is 4.90 Å². The van der Waals surface area contributed by atoms with Crippen LogP contribution in [0.1, 0.15) is 22.1 Å². The molecule has 0 unspecified atom stereocenters. The second kappa shape index (κ2) is 5.06. The van der Waals surface area contributed by atoms with Crippen LogP contribution in [0.3, 0.4) is 0 Å². The molecule has 0 saturated carbocycles. The quantitative estimate of drug-likeness (QED) is 0.780. The van der Waals surface area contributed by atoms with Crippen molar-refractivity contribution in [1.82, 2.24) is 29.9 Å². The Morgan fingerprint density at radius 2 is 2.32 bits per heavy atom. The summed E-state index contributed by atoms with van der Waals surface area (Å²) >= 11 is 1.61. The van der Waals surface area contributed by atoms with E-state index in [9.17, 15) is 4.79 Å². The summed E-state index contributed by atoms with van der Waals surface area (Å²) in [6, 6.07) is 5.78. The highest BCUT2D eigenvalue weighted by atomic mass is 32.1. The number of aromatic nitrogens is 5. The second-order valence-electron chi connectivity index (χ2n) is 5.17. The highest BCUT2D eigenvalue weighted by Gasteiger charge is 2.25. The molecular formula is C14H14N6OS. The summed E-state index contributed by atoms with van der Waals surface area (Å²) in [5, 5.41) is 13.4. The maximum atomic E-state index is 12.6. The van der Waals surface area contributed by atoms with Gasteiger partial charge in [0.15, 0.2) is 5.69 Å². The Hall–Kier alpha value is -2.48. The molecule has 7 nitrogen and oxygen atoms in total. The average molecular weight is 314 g/mol. The molecule has 0 atom stereocenters. The van der Waals surface area contributed by atoms with Crippen LogP contribution in [0.2, 0.25) is 0 Å². The first-order valence-corrected chi connectivity index (χ1v) is 7.87. The van der Waals surface area contributed by atoms with Gasteiger partial charge in [-0.2, -0.15) is 10.2 Å². The Bertz CT molecular complexity index is 818. The number of rotatable bonds is 2. The van der Waals surface area contributed by atoms with E-state index in [-0.39, 0.29) is 5.91 Å². The van der Waals surface area contributed by atoms with Gasteiger partial charge in [-0.3, -0.25) is 9.89 Å². The van der Waals surface area contributed by atoms with Crippen LogP contribution in [0.15, 0.2) is 23.6 Å². The Labute approximate surface area is 130 Å². The van der Waals surface area contributed by atoms with Crippen LogP contribution < -0.4 is 0 Å². The lowest BCUT2D eigenvalue weighted by molar-refractivity contribution is 0.0696. The number of hydrogen-bond acceptors (Lipinski definition) is 5. The minimum absolute atomic E-state index is 0.0778. The van der Waals surface area contributed by atoms with Gasteiger partial charge in [-0.25, -0.2) is 9.67 Å². The van der Waals surface area contributed by atoms with Crippen LogP contribution >= 0.6 is 11.3 Å². The zero-order valence-electron chi connectivity index (χ0n) is 12.0. The van der Waals surface area contributed by atoms with Gasteiger partial charge in [-0.1, -0.05) is 6.07 Å². The molecule has 0 spiro atoms. The third-order valence-electron chi connectivity index (χ3n) is 3.64. The van der Waals surface area contributed by atoms with Crippen molar-refractivity contribution in [1.29, 1.82) is 0 Å². The fraction of sp³-hybridized carbons (Fsp3) is 0.286. The van der Waals surface area contributed by atoms with Crippen LogP contribution in [0, 0.1) is 6.92 Å². The van der Waals surface area contributed by atoms with Gasteiger partial charge in [0.2, 0.25) is 0 Å². The molecule has 3 aromatic heterocycles. The number of amides is 1. The molecule has 0 aromatic carbocycles. The number of H-pyrrole nitrogens is 1. The largest absolute Gasteiger partial charge is 0.328 e. The highest BCUT2D eigenvalue weighted by Crippen LogP contribution is 2.23. The molecule has 0 bridgehead atoms. The summed E-state index contributed by atoms with van der Waals surface area (Å²) in [5.74, 6) is 1.49. The van der Waals surface area contributed by atoms with Gasteiger partial charge in [0.05, 0.1) is 23.7 Å². The highest BCUT2D eigenvalue weighted by molar-refractivity contribution is 7.13. The summed E-state index contributed by atoms with van der Waals surface area (Å²) < 4.78 is 1.86. The Kier molecular flexibility index (Phi) is 3.04. The fourth-order valence-corrected chi connectivity index (χ4v) is 3.28. The van der Waals surface area contributed by atoms with E-state index < -0.39 is 0 Å². The first-order valence-electron chi connectivity index (χ1n) is 6.99. The van der Waals surface area contributed by atoms with E-state index in [1.165, 1.54) is 0 Å². The molecule has 0 radical (unpaired) electrons. The van der Waals surface area contributed by atoms with Crippen molar-refractivity contribution in [2.45, 2.75) is 20.0 Å². The van der Waals surface area contributed by atoms with Gasteiger partial charge in [-0.05, 0) is 24.4 Å². The number of fused-ring (bicyclic) bond motifs is 1. The van der Waals surface area contributed by atoms with E-state index in [1.54, 1.807) is 22.3 Å².